The van der Waals surface area contributed by atoms with Crippen LogP contribution in [0.2, 0.25) is 0 Å². The van der Waals surface area contributed by atoms with Gasteiger partial charge in [-0.15, -0.1) is 26.3 Å². The van der Waals surface area contributed by atoms with Crippen LogP contribution in [0.15, 0.2) is 50.6 Å². The third-order valence-corrected chi connectivity index (χ3v) is 3.59. The van der Waals surface area contributed by atoms with Crippen LogP contribution in [0.4, 0.5) is 0 Å². The highest BCUT2D eigenvalue weighted by Gasteiger charge is 2.45. The van der Waals surface area contributed by atoms with E-state index in [9.17, 15) is 0 Å². The molecule has 0 aromatic rings. The van der Waals surface area contributed by atoms with Crippen molar-refractivity contribution in [1.29, 1.82) is 0 Å². The summed E-state index contributed by atoms with van der Waals surface area (Å²) in [5.41, 5.74) is 0. The van der Waals surface area contributed by atoms with Gasteiger partial charge in [0.05, 0.1) is 26.4 Å². The molecule has 0 spiro atoms. The first-order valence-electron chi connectivity index (χ1n) is 5.24. The van der Waals surface area contributed by atoms with Crippen molar-refractivity contribution in [2.24, 2.45) is 0 Å². The molecular formula is C12H24O4Si2. The highest BCUT2D eigenvalue weighted by atomic mass is 28.4. The lowest BCUT2D eigenvalue weighted by Gasteiger charge is -2.26. The smallest absolute Gasteiger partial charge is 0.347 e. The van der Waals surface area contributed by atoms with Crippen LogP contribution in [0.5, 0.6) is 0 Å². The van der Waals surface area contributed by atoms with Crippen molar-refractivity contribution < 1.29 is 17.7 Å². The molecule has 0 bridgehead atoms. The summed E-state index contributed by atoms with van der Waals surface area (Å²) in [5.74, 6) is 0. The molecule has 0 rings (SSSR count). The first-order chi connectivity index (χ1) is 8.24. The van der Waals surface area contributed by atoms with E-state index in [4.69, 9.17) is 17.7 Å². The first-order valence-corrected chi connectivity index (χ1v) is 6.87. The van der Waals surface area contributed by atoms with Crippen molar-refractivity contribution in [3.8, 4) is 0 Å². The molecule has 0 aliphatic rings. The average Bonchev–Trinajstić information content (AvgIpc) is 2.37. The topological polar surface area (TPSA) is 36.9 Å². The predicted octanol–water partition coefficient (Wildman–Crippen LogP) is 0.781. The van der Waals surface area contributed by atoms with Gasteiger partial charge >= 0.3 is 9.05 Å². The Hall–Kier alpha value is -0.766. The normalized spacial score (nSPS) is 10.2. The fraction of sp³-hybridized carbons (Fsp3) is 0.333. The van der Waals surface area contributed by atoms with Gasteiger partial charge in [0.2, 0.25) is 0 Å². The van der Waals surface area contributed by atoms with E-state index in [1.165, 1.54) is 0 Å². The zero-order chi connectivity index (χ0) is 13.0. The molecule has 0 aromatic carbocycles. The summed E-state index contributed by atoms with van der Waals surface area (Å²) in [6.45, 7) is 15.5. The van der Waals surface area contributed by atoms with Gasteiger partial charge in [-0.2, -0.15) is 0 Å². The lowest BCUT2D eigenvalue weighted by atomic mass is 10.7. The second kappa shape index (κ2) is 12.7. The predicted molar refractivity (Wildman–Crippen MR) is 81.7 cm³/mol. The standard InChI is InChI=1S/C12H20O4Si.H4Si/c1-5-9-13-17(14-10-6-2,15-11-7-3)16-12-8-4;/h5-8H,1-4,9-12H2;1H4. The lowest BCUT2D eigenvalue weighted by Crippen LogP contribution is -2.49. The van der Waals surface area contributed by atoms with Crippen LogP contribution in [0.3, 0.4) is 0 Å². The molecule has 0 atom stereocenters. The van der Waals surface area contributed by atoms with Crippen molar-refractivity contribution in [2.75, 3.05) is 26.4 Å². The van der Waals surface area contributed by atoms with Gasteiger partial charge in [-0.3, -0.25) is 0 Å². The number of hydrogen-bond donors (Lipinski definition) is 0. The quantitative estimate of drug-likeness (QED) is 0.393. The van der Waals surface area contributed by atoms with E-state index in [1.807, 2.05) is 0 Å². The molecule has 0 saturated heterocycles. The van der Waals surface area contributed by atoms with E-state index < -0.39 is 9.05 Å². The van der Waals surface area contributed by atoms with Crippen LogP contribution in [0.1, 0.15) is 0 Å². The van der Waals surface area contributed by atoms with Gasteiger partial charge in [-0.05, 0) is 11.0 Å². The van der Waals surface area contributed by atoms with Gasteiger partial charge in [-0.1, -0.05) is 24.3 Å². The molecule has 0 heterocycles. The Balaban J connectivity index is 0. The maximum Gasteiger partial charge on any atom is 0.680 e. The zero-order valence-electron chi connectivity index (χ0n) is 10.1. The van der Waals surface area contributed by atoms with Crippen LogP contribution in [0.25, 0.3) is 0 Å². The Kier molecular flexibility index (Phi) is 13.8. The summed E-state index contributed by atoms with van der Waals surface area (Å²) in [4.78, 5) is 0. The average molecular weight is 288 g/mol. The molecule has 0 fully saturated rings. The molecule has 6 heteroatoms. The van der Waals surface area contributed by atoms with Crippen molar-refractivity contribution >= 4 is 20.0 Å². The Morgan fingerprint density at radius 3 is 1.00 bits per heavy atom. The minimum atomic E-state index is -3.16. The second-order valence-electron chi connectivity index (χ2n) is 2.90. The Morgan fingerprint density at radius 1 is 0.611 bits per heavy atom. The third-order valence-electron chi connectivity index (χ3n) is 1.51. The SMILES string of the molecule is C=CCO[Si](OCC=C)(OCC=C)OCC=C.[SiH4]. The van der Waals surface area contributed by atoms with Gasteiger partial charge < -0.3 is 17.7 Å². The summed E-state index contributed by atoms with van der Waals surface area (Å²) >= 11 is 0. The fourth-order valence-corrected chi connectivity index (χ4v) is 2.68. The molecule has 0 saturated carbocycles. The van der Waals surface area contributed by atoms with Crippen molar-refractivity contribution in [1.82, 2.24) is 0 Å². The summed E-state index contributed by atoms with van der Waals surface area (Å²) in [6, 6.07) is 0. The van der Waals surface area contributed by atoms with Crippen molar-refractivity contribution in [3.63, 3.8) is 0 Å². The van der Waals surface area contributed by atoms with E-state index in [2.05, 4.69) is 26.3 Å². The summed E-state index contributed by atoms with van der Waals surface area (Å²) < 4.78 is 22.0. The Morgan fingerprint density at radius 2 is 0.833 bits per heavy atom. The molecule has 0 aromatic heterocycles. The summed E-state index contributed by atoms with van der Waals surface area (Å²) in [6.07, 6.45) is 6.42. The maximum atomic E-state index is 5.50. The van der Waals surface area contributed by atoms with Crippen LogP contribution in [-0.4, -0.2) is 46.4 Å². The van der Waals surface area contributed by atoms with Gasteiger partial charge in [0.15, 0.2) is 0 Å². The van der Waals surface area contributed by atoms with Gasteiger partial charge in [-0.25, -0.2) is 0 Å². The van der Waals surface area contributed by atoms with E-state index in [-0.39, 0.29) is 37.4 Å². The van der Waals surface area contributed by atoms with Crippen molar-refractivity contribution in [2.45, 2.75) is 0 Å². The number of rotatable bonds is 12. The molecule has 0 unspecified atom stereocenters. The van der Waals surface area contributed by atoms with Crippen LogP contribution < -0.4 is 0 Å². The molecule has 18 heavy (non-hydrogen) atoms. The largest absolute Gasteiger partial charge is 0.680 e. The highest BCUT2D eigenvalue weighted by Crippen LogP contribution is 2.12. The van der Waals surface area contributed by atoms with E-state index in [0.29, 0.717) is 0 Å². The molecule has 104 valence electrons. The molecular weight excluding hydrogens is 264 g/mol. The molecule has 0 N–H and O–H groups in total. The second-order valence-corrected chi connectivity index (χ2v) is 5.05. The molecule has 0 radical (unpaired) electrons. The Bertz CT molecular complexity index is 203. The van der Waals surface area contributed by atoms with E-state index in [1.54, 1.807) is 24.3 Å². The summed E-state index contributed by atoms with van der Waals surface area (Å²) in [7, 11) is -3.16. The summed E-state index contributed by atoms with van der Waals surface area (Å²) in [5, 5.41) is 0. The van der Waals surface area contributed by atoms with Gasteiger partial charge in [0.1, 0.15) is 0 Å². The van der Waals surface area contributed by atoms with E-state index >= 15 is 0 Å². The molecule has 4 nitrogen and oxygen atoms in total. The van der Waals surface area contributed by atoms with Gasteiger partial charge in [0, 0.05) is 0 Å². The van der Waals surface area contributed by atoms with Gasteiger partial charge in [0.25, 0.3) is 0 Å². The third kappa shape index (κ3) is 8.34. The highest BCUT2D eigenvalue weighted by molar-refractivity contribution is 6.53. The zero-order valence-corrected chi connectivity index (χ0v) is 11.1. The van der Waals surface area contributed by atoms with Crippen LogP contribution >= 0.6 is 0 Å². The number of hydrogen-bond acceptors (Lipinski definition) is 4. The van der Waals surface area contributed by atoms with Crippen LogP contribution in [0, 0.1) is 0 Å². The minimum absolute atomic E-state index is 0. The lowest BCUT2D eigenvalue weighted by molar-refractivity contribution is -0.0117. The first kappa shape index (κ1) is 19.6. The molecule has 0 amide bonds. The van der Waals surface area contributed by atoms with Crippen LogP contribution in [-0.2, 0) is 17.7 Å². The molecule has 0 aliphatic heterocycles. The molecule has 0 aliphatic carbocycles. The maximum absolute atomic E-state index is 5.50. The van der Waals surface area contributed by atoms with E-state index in [0.717, 1.165) is 0 Å². The fourth-order valence-electron chi connectivity index (χ4n) is 0.894. The monoisotopic (exact) mass is 288 g/mol. The Labute approximate surface area is 115 Å². The van der Waals surface area contributed by atoms with Crippen molar-refractivity contribution in [3.05, 3.63) is 50.6 Å². The minimum Gasteiger partial charge on any atom is -0.347 e.